The monoisotopic (exact) mass is 155 g/mol. The first-order chi connectivity index (χ1) is 5.29. The van der Waals surface area contributed by atoms with Gasteiger partial charge in [-0.15, -0.1) is 0 Å². The standard InChI is InChI=1S/C8H17N3/c1-7(2)11-6-8-9-4-3-5-10-8/h7,11H,3-6H2,1-2H3,(H,9,10). The number of aliphatic imine (C=N–C) groups is 1. The van der Waals surface area contributed by atoms with Gasteiger partial charge in [0.2, 0.25) is 0 Å². The van der Waals surface area contributed by atoms with Crippen molar-refractivity contribution in [3.8, 4) is 0 Å². The van der Waals surface area contributed by atoms with Crippen molar-refractivity contribution in [3.63, 3.8) is 0 Å². The van der Waals surface area contributed by atoms with Gasteiger partial charge in [0.05, 0.1) is 6.54 Å². The molecule has 0 unspecified atom stereocenters. The quantitative estimate of drug-likeness (QED) is 0.618. The van der Waals surface area contributed by atoms with Crippen LogP contribution in [-0.4, -0.2) is 31.5 Å². The van der Waals surface area contributed by atoms with Gasteiger partial charge in [-0.25, -0.2) is 0 Å². The van der Waals surface area contributed by atoms with Crippen molar-refractivity contribution in [3.05, 3.63) is 0 Å². The largest absolute Gasteiger partial charge is 0.373 e. The lowest BCUT2D eigenvalue weighted by atomic mass is 10.3. The molecule has 1 aliphatic heterocycles. The predicted octanol–water partition coefficient (Wildman–Crippen LogP) is 0.376. The summed E-state index contributed by atoms with van der Waals surface area (Å²) < 4.78 is 0. The molecule has 0 aliphatic carbocycles. The van der Waals surface area contributed by atoms with Crippen LogP contribution in [0.15, 0.2) is 4.99 Å². The van der Waals surface area contributed by atoms with Crippen molar-refractivity contribution >= 4 is 5.84 Å². The Morgan fingerprint density at radius 2 is 2.45 bits per heavy atom. The molecule has 1 aliphatic rings. The summed E-state index contributed by atoms with van der Waals surface area (Å²) in [5.74, 6) is 1.12. The summed E-state index contributed by atoms with van der Waals surface area (Å²) in [7, 11) is 0. The van der Waals surface area contributed by atoms with Crippen LogP contribution in [0.4, 0.5) is 0 Å². The van der Waals surface area contributed by atoms with Gasteiger partial charge in [-0.3, -0.25) is 4.99 Å². The van der Waals surface area contributed by atoms with Crippen molar-refractivity contribution in [1.29, 1.82) is 0 Å². The zero-order valence-corrected chi connectivity index (χ0v) is 7.35. The molecule has 3 heteroatoms. The van der Waals surface area contributed by atoms with E-state index < -0.39 is 0 Å². The van der Waals surface area contributed by atoms with Gasteiger partial charge >= 0.3 is 0 Å². The highest BCUT2D eigenvalue weighted by atomic mass is 15.1. The summed E-state index contributed by atoms with van der Waals surface area (Å²) in [4.78, 5) is 4.34. The van der Waals surface area contributed by atoms with E-state index in [0.29, 0.717) is 6.04 Å². The number of nitrogens with one attached hydrogen (secondary N) is 2. The van der Waals surface area contributed by atoms with Gasteiger partial charge in [0, 0.05) is 19.1 Å². The molecule has 1 heterocycles. The van der Waals surface area contributed by atoms with E-state index in [1.54, 1.807) is 0 Å². The first-order valence-corrected chi connectivity index (χ1v) is 4.29. The molecule has 0 radical (unpaired) electrons. The van der Waals surface area contributed by atoms with Gasteiger partial charge in [-0.2, -0.15) is 0 Å². The van der Waals surface area contributed by atoms with Crippen LogP contribution in [0.3, 0.4) is 0 Å². The molecule has 2 N–H and O–H groups in total. The molecular formula is C8H17N3. The first-order valence-electron chi connectivity index (χ1n) is 4.29. The lowest BCUT2D eigenvalue weighted by molar-refractivity contribution is 0.624. The Hall–Kier alpha value is -0.570. The minimum Gasteiger partial charge on any atom is -0.373 e. The maximum absolute atomic E-state index is 4.34. The Kier molecular flexibility index (Phi) is 3.36. The maximum atomic E-state index is 4.34. The van der Waals surface area contributed by atoms with Crippen molar-refractivity contribution in [2.45, 2.75) is 26.3 Å². The molecular weight excluding hydrogens is 138 g/mol. The molecule has 0 aromatic heterocycles. The fourth-order valence-corrected chi connectivity index (χ4v) is 1.00. The molecule has 0 fully saturated rings. The van der Waals surface area contributed by atoms with Crippen LogP contribution < -0.4 is 10.6 Å². The molecule has 1 rings (SSSR count). The molecule has 0 saturated heterocycles. The fourth-order valence-electron chi connectivity index (χ4n) is 1.00. The van der Waals surface area contributed by atoms with E-state index in [9.17, 15) is 0 Å². The van der Waals surface area contributed by atoms with E-state index in [0.717, 1.165) is 25.5 Å². The highest BCUT2D eigenvalue weighted by molar-refractivity contribution is 5.84. The second-order valence-corrected chi connectivity index (χ2v) is 3.14. The summed E-state index contributed by atoms with van der Waals surface area (Å²) in [5, 5.41) is 6.58. The van der Waals surface area contributed by atoms with Crippen molar-refractivity contribution in [2.75, 3.05) is 19.6 Å². The van der Waals surface area contributed by atoms with Gasteiger partial charge < -0.3 is 10.6 Å². The molecule has 0 atom stereocenters. The molecule has 3 nitrogen and oxygen atoms in total. The topological polar surface area (TPSA) is 36.4 Å². The van der Waals surface area contributed by atoms with E-state index in [4.69, 9.17) is 0 Å². The number of amidine groups is 1. The molecule has 0 spiro atoms. The van der Waals surface area contributed by atoms with E-state index >= 15 is 0 Å². The van der Waals surface area contributed by atoms with Crippen molar-refractivity contribution < 1.29 is 0 Å². The van der Waals surface area contributed by atoms with Gasteiger partial charge in [0.25, 0.3) is 0 Å². The Balaban J connectivity index is 2.19. The second-order valence-electron chi connectivity index (χ2n) is 3.14. The zero-order chi connectivity index (χ0) is 8.10. The van der Waals surface area contributed by atoms with Crippen LogP contribution in [-0.2, 0) is 0 Å². The van der Waals surface area contributed by atoms with E-state index in [1.165, 1.54) is 6.42 Å². The Bertz CT molecular complexity index is 140. The lowest BCUT2D eigenvalue weighted by Crippen LogP contribution is -2.39. The van der Waals surface area contributed by atoms with Crippen LogP contribution in [0.5, 0.6) is 0 Å². The minimum absolute atomic E-state index is 0.543. The van der Waals surface area contributed by atoms with E-state index in [-0.39, 0.29) is 0 Å². The van der Waals surface area contributed by atoms with Gasteiger partial charge in [0.15, 0.2) is 0 Å². The Morgan fingerprint density at radius 3 is 3.00 bits per heavy atom. The van der Waals surface area contributed by atoms with Gasteiger partial charge in [0.1, 0.15) is 5.84 Å². The molecule has 11 heavy (non-hydrogen) atoms. The molecule has 0 saturated carbocycles. The molecule has 0 aromatic carbocycles. The highest BCUT2D eigenvalue weighted by Gasteiger charge is 2.02. The SMILES string of the molecule is CC(C)NCC1=NCCCN1. The van der Waals surface area contributed by atoms with Crippen LogP contribution in [0.2, 0.25) is 0 Å². The Labute approximate surface area is 68.3 Å². The van der Waals surface area contributed by atoms with Gasteiger partial charge in [-0.1, -0.05) is 13.8 Å². The smallest absolute Gasteiger partial charge is 0.110 e. The third-order valence-electron chi connectivity index (χ3n) is 1.64. The molecule has 0 amide bonds. The molecule has 0 aromatic rings. The number of hydrogen-bond acceptors (Lipinski definition) is 3. The van der Waals surface area contributed by atoms with Crippen LogP contribution in [0.1, 0.15) is 20.3 Å². The normalized spacial score (nSPS) is 17.9. The highest BCUT2D eigenvalue weighted by Crippen LogP contribution is 1.88. The fraction of sp³-hybridized carbons (Fsp3) is 0.875. The average Bonchev–Trinajstić information content (AvgIpc) is 2.03. The molecule has 0 bridgehead atoms. The number of rotatable bonds is 3. The third-order valence-corrected chi connectivity index (χ3v) is 1.64. The van der Waals surface area contributed by atoms with Crippen LogP contribution in [0.25, 0.3) is 0 Å². The van der Waals surface area contributed by atoms with E-state index in [1.807, 2.05) is 0 Å². The van der Waals surface area contributed by atoms with Gasteiger partial charge in [-0.05, 0) is 6.42 Å². The average molecular weight is 155 g/mol. The first kappa shape index (κ1) is 8.53. The lowest BCUT2D eigenvalue weighted by Gasteiger charge is -2.16. The summed E-state index contributed by atoms with van der Waals surface area (Å²) in [5.41, 5.74) is 0. The van der Waals surface area contributed by atoms with Crippen LogP contribution >= 0.6 is 0 Å². The third kappa shape index (κ3) is 3.37. The maximum Gasteiger partial charge on any atom is 0.110 e. The second kappa shape index (κ2) is 4.34. The summed E-state index contributed by atoms with van der Waals surface area (Å²) in [6, 6.07) is 0.543. The summed E-state index contributed by atoms with van der Waals surface area (Å²) >= 11 is 0. The minimum atomic E-state index is 0.543. The number of hydrogen-bond donors (Lipinski definition) is 2. The number of nitrogens with zero attached hydrogens (tertiary/aromatic N) is 1. The predicted molar refractivity (Wildman–Crippen MR) is 48.1 cm³/mol. The zero-order valence-electron chi connectivity index (χ0n) is 7.35. The van der Waals surface area contributed by atoms with Crippen LogP contribution in [0, 0.1) is 0 Å². The van der Waals surface area contributed by atoms with Crippen molar-refractivity contribution in [2.24, 2.45) is 4.99 Å². The Morgan fingerprint density at radius 1 is 1.64 bits per heavy atom. The summed E-state index contributed by atoms with van der Waals surface area (Å²) in [6.45, 7) is 7.24. The molecule has 64 valence electrons. The summed E-state index contributed by atoms with van der Waals surface area (Å²) in [6.07, 6.45) is 1.17. The van der Waals surface area contributed by atoms with Crippen molar-refractivity contribution in [1.82, 2.24) is 10.6 Å². The van der Waals surface area contributed by atoms with E-state index in [2.05, 4.69) is 29.5 Å².